The van der Waals surface area contributed by atoms with Crippen LogP contribution in [0.1, 0.15) is 12.8 Å². The molecule has 0 bridgehead atoms. The Labute approximate surface area is 167 Å². The molecular formula is C17H14N6O3S2. The molecule has 4 rings (SSSR count). The molecule has 0 unspecified atom stereocenters. The second kappa shape index (κ2) is 7.90. The van der Waals surface area contributed by atoms with Gasteiger partial charge < -0.3 is 8.98 Å². The largest absolute Gasteiger partial charge is 0.420 e. The van der Waals surface area contributed by atoms with Gasteiger partial charge in [0.1, 0.15) is 0 Å². The van der Waals surface area contributed by atoms with Crippen molar-refractivity contribution in [1.29, 1.82) is 0 Å². The van der Waals surface area contributed by atoms with Crippen molar-refractivity contribution in [2.75, 3.05) is 0 Å². The molecule has 3 aromatic heterocycles. The van der Waals surface area contributed by atoms with Gasteiger partial charge in [0.05, 0.1) is 15.6 Å². The van der Waals surface area contributed by atoms with Gasteiger partial charge in [0, 0.05) is 24.2 Å². The third-order valence-corrected chi connectivity index (χ3v) is 5.71. The van der Waals surface area contributed by atoms with Gasteiger partial charge in [-0.2, -0.15) is 0 Å². The molecule has 0 aliphatic heterocycles. The summed E-state index contributed by atoms with van der Waals surface area (Å²) in [4.78, 5) is 11.4. The van der Waals surface area contributed by atoms with E-state index in [1.807, 2.05) is 29.0 Å². The van der Waals surface area contributed by atoms with Crippen LogP contribution in [0.25, 0.3) is 22.2 Å². The van der Waals surface area contributed by atoms with Crippen molar-refractivity contribution in [3.63, 3.8) is 0 Å². The molecule has 11 heteroatoms. The number of benzene rings is 1. The fourth-order valence-electron chi connectivity index (χ4n) is 2.55. The Morgan fingerprint density at radius 2 is 2.00 bits per heavy atom. The van der Waals surface area contributed by atoms with Crippen LogP contribution in [-0.2, 0) is 12.3 Å². The molecule has 0 radical (unpaired) electrons. The molecule has 9 nitrogen and oxygen atoms in total. The van der Waals surface area contributed by atoms with Gasteiger partial charge in [-0.1, -0.05) is 17.8 Å². The number of rotatable bonds is 7. The Hall–Kier alpha value is -3.05. The van der Waals surface area contributed by atoms with E-state index in [2.05, 4.69) is 20.4 Å². The fourth-order valence-corrected chi connectivity index (χ4v) is 4.11. The number of thioether (sulfide) groups is 1. The van der Waals surface area contributed by atoms with Crippen LogP contribution in [0.3, 0.4) is 0 Å². The minimum atomic E-state index is -0.450. The third-order valence-electron chi connectivity index (χ3n) is 3.89. The molecule has 142 valence electrons. The Balaban J connectivity index is 1.47. The summed E-state index contributed by atoms with van der Waals surface area (Å²) in [5, 5.41) is 30.2. The SMILES string of the molecule is CCn1c(SCc2nnc(-c3ccc([N+](=O)[O-])cc3)o2)nnc1-c1cccs1. The van der Waals surface area contributed by atoms with Gasteiger partial charge in [0.25, 0.3) is 5.69 Å². The maximum Gasteiger partial charge on any atom is 0.269 e. The van der Waals surface area contributed by atoms with Gasteiger partial charge >= 0.3 is 0 Å². The smallest absolute Gasteiger partial charge is 0.269 e. The summed E-state index contributed by atoms with van der Waals surface area (Å²) in [5.41, 5.74) is 0.644. The second-order valence-electron chi connectivity index (χ2n) is 5.62. The highest BCUT2D eigenvalue weighted by Gasteiger charge is 2.16. The molecule has 0 aliphatic rings. The van der Waals surface area contributed by atoms with E-state index < -0.39 is 4.92 Å². The van der Waals surface area contributed by atoms with E-state index in [0.717, 1.165) is 22.4 Å². The zero-order valence-electron chi connectivity index (χ0n) is 14.7. The van der Waals surface area contributed by atoms with E-state index in [4.69, 9.17) is 4.42 Å². The van der Waals surface area contributed by atoms with Crippen LogP contribution in [0.15, 0.2) is 51.4 Å². The quantitative estimate of drug-likeness (QED) is 0.250. The maximum absolute atomic E-state index is 10.7. The normalized spacial score (nSPS) is 11.0. The summed E-state index contributed by atoms with van der Waals surface area (Å²) < 4.78 is 7.72. The zero-order valence-corrected chi connectivity index (χ0v) is 16.3. The van der Waals surface area contributed by atoms with Gasteiger partial charge in [-0.05, 0) is 30.5 Å². The van der Waals surface area contributed by atoms with Gasteiger partial charge in [0.2, 0.25) is 11.8 Å². The van der Waals surface area contributed by atoms with Crippen LogP contribution in [0, 0.1) is 10.1 Å². The van der Waals surface area contributed by atoms with Crippen LogP contribution in [0.2, 0.25) is 0 Å². The van der Waals surface area contributed by atoms with Crippen LogP contribution in [0.5, 0.6) is 0 Å². The summed E-state index contributed by atoms with van der Waals surface area (Å²) in [6.07, 6.45) is 0. The highest BCUT2D eigenvalue weighted by atomic mass is 32.2. The number of nitro groups is 1. The van der Waals surface area contributed by atoms with Crippen LogP contribution >= 0.6 is 23.1 Å². The molecule has 0 saturated carbocycles. The first kappa shape index (κ1) is 18.3. The van der Waals surface area contributed by atoms with Gasteiger partial charge in [0.15, 0.2) is 11.0 Å². The number of nitrogens with zero attached hydrogens (tertiary/aromatic N) is 6. The summed E-state index contributed by atoms with van der Waals surface area (Å²) in [7, 11) is 0. The Kier molecular flexibility index (Phi) is 5.17. The fraction of sp³-hybridized carbons (Fsp3) is 0.176. The van der Waals surface area contributed by atoms with Crippen molar-refractivity contribution in [3.05, 3.63) is 57.8 Å². The molecule has 0 aliphatic carbocycles. The summed E-state index contributed by atoms with van der Waals surface area (Å²) in [6, 6.07) is 9.99. The van der Waals surface area contributed by atoms with Crippen molar-refractivity contribution >= 4 is 28.8 Å². The molecule has 0 atom stereocenters. The molecule has 28 heavy (non-hydrogen) atoms. The van der Waals surface area contributed by atoms with E-state index in [-0.39, 0.29) is 5.69 Å². The van der Waals surface area contributed by atoms with Crippen LogP contribution < -0.4 is 0 Å². The minimum absolute atomic E-state index is 0.0134. The first-order valence-electron chi connectivity index (χ1n) is 8.32. The molecule has 0 saturated heterocycles. The monoisotopic (exact) mass is 414 g/mol. The molecule has 4 aromatic rings. The predicted octanol–water partition coefficient (Wildman–Crippen LogP) is 4.28. The number of non-ortho nitro benzene ring substituents is 1. The summed E-state index contributed by atoms with van der Waals surface area (Å²) in [5.74, 6) is 2.06. The third kappa shape index (κ3) is 3.66. The lowest BCUT2D eigenvalue weighted by atomic mass is 10.2. The lowest BCUT2D eigenvalue weighted by Gasteiger charge is -2.04. The molecule has 0 amide bonds. The van der Waals surface area contributed by atoms with Gasteiger partial charge in [-0.3, -0.25) is 10.1 Å². The molecule has 1 aromatic carbocycles. The van der Waals surface area contributed by atoms with Gasteiger partial charge in [-0.25, -0.2) is 0 Å². The first-order chi connectivity index (χ1) is 13.7. The van der Waals surface area contributed by atoms with Crippen molar-refractivity contribution in [2.24, 2.45) is 0 Å². The Morgan fingerprint density at radius 1 is 1.18 bits per heavy atom. The van der Waals surface area contributed by atoms with Crippen LogP contribution in [0.4, 0.5) is 5.69 Å². The van der Waals surface area contributed by atoms with E-state index in [1.54, 1.807) is 23.5 Å². The molecule has 0 fully saturated rings. The van der Waals surface area contributed by atoms with E-state index in [1.165, 1.54) is 23.9 Å². The van der Waals surface area contributed by atoms with Crippen molar-refractivity contribution < 1.29 is 9.34 Å². The van der Waals surface area contributed by atoms with Crippen molar-refractivity contribution in [3.8, 4) is 22.2 Å². The Morgan fingerprint density at radius 3 is 2.68 bits per heavy atom. The van der Waals surface area contributed by atoms with E-state index in [0.29, 0.717) is 23.1 Å². The highest BCUT2D eigenvalue weighted by molar-refractivity contribution is 7.98. The van der Waals surface area contributed by atoms with E-state index in [9.17, 15) is 10.1 Å². The predicted molar refractivity (Wildman–Crippen MR) is 105 cm³/mol. The lowest BCUT2D eigenvalue weighted by Crippen LogP contribution is -1.99. The first-order valence-corrected chi connectivity index (χ1v) is 10.2. The number of hydrogen-bond acceptors (Lipinski definition) is 9. The molecule has 3 heterocycles. The average Bonchev–Trinajstić information content (AvgIpc) is 3.46. The van der Waals surface area contributed by atoms with Crippen molar-refractivity contribution in [2.45, 2.75) is 24.4 Å². The topological polar surface area (TPSA) is 113 Å². The number of hydrogen-bond donors (Lipinski definition) is 0. The summed E-state index contributed by atoms with van der Waals surface area (Å²) >= 11 is 3.09. The lowest BCUT2D eigenvalue weighted by molar-refractivity contribution is -0.384. The number of nitro benzene ring substituents is 1. The van der Waals surface area contributed by atoms with Crippen LogP contribution in [-0.4, -0.2) is 29.9 Å². The number of aromatic nitrogens is 5. The van der Waals surface area contributed by atoms with Crippen molar-refractivity contribution in [1.82, 2.24) is 25.0 Å². The molecule has 0 spiro atoms. The van der Waals surface area contributed by atoms with E-state index >= 15 is 0 Å². The summed E-state index contributed by atoms with van der Waals surface area (Å²) in [6.45, 7) is 2.80. The Bertz CT molecular complexity index is 1090. The number of thiophene rings is 1. The average molecular weight is 414 g/mol. The highest BCUT2D eigenvalue weighted by Crippen LogP contribution is 2.29. The second-order valence-corrected chi connectivity index (χ2v) is 7.51. The molecular weight excluding hydrogens is 400 g/mol. The minimum Gasteiger partial charge on any atom is -0.420 e. The zero-order chi connectivity index (χ0) is 19.5. The maximum atomic E-state index is 10.7. The standard InChI is InChI=1S/C17H14N6O3S2/c1-2-22-15(13-4-3-9-27-13)19-21-17(22)28-10-14-18-20-16(26-14)11-5-7-12(8-6-11)23(24)25/h3-9H,2,10H2,1H3. The van der Waals surface area contributed by atoms with Gasteiger partial charge in [-0.15, -0.1) is 31.7 Å². The molecule has 0 N–H and O–H groups in total.